The lowest BCUT2D eigenvalue weighted by Crippen LogP contribution is -2.44. The van der Waals surface area contributed by atoms with Gasteiger partial charge in [-0.05, 0) is 24.7 Å². The van der Waals surface area contributed by atoms with Crippen molar-refractivity contribution in [3.05, 3.63) is 0 Å². The van der Waals surface area contributed by atoms with Gasteiger partial charge in [0, 0.05) is 19.5 Å². The first-order chi connectivity index (χ1) is 7.54. The summed E-state index contributed by atoms with van der Waals surface area (Å²) in [5.41, 5.74) is 0.276. The minimum absolute atomic E-state index is 0.0100. The van der Waals surface area contributed by atoms with Crippen molar-refractivity contribution in [3.63, 3.8) is 0 Å². The number of carbonyl (C=O) groups excluding carboxylic acids is 2. The van der Waals surface area contributed by atoms with Gasteiger partial charge in [-0.3, -0.25) is 9.59 Å². The van der Waals surface area contributed by atoms with E-state index in [0.29, 0.717) is 12.8 Å². The molecule has 2 amide bonds. The van der Waals surface area contributed by atoms with Gasteiger partial charge in [0.05, 0.1) is 0 Å². The molecule has 0 bridgehead atoms. The molecule has 0 unspecified atom stereocenters. The van der Waals surface area contributed by atoms with Crippen LogP contribution in [0.3, 0.4) is 0 Å². The number of likely N-dealkylation sites (tertiary alicyclic amines) is 1. The molecule has 2 saturated heterocycles. The normalized spacial score (nSPS) is 34.2. The maximum Gasteiger partial charge on any atom is 0.245 e. The Balaban J connectivity index is 1.94. The molecule has 0 spiro atoms. The van der Waals surface area contributed by atoms with Crippen LogP contribution in [0.15, 0.2) is 0 Å². The third-order valence-corrected chi connectivity index (χ3v) is 4.02. The van der Waals surface area contributed by atoms with Crippen molar-refractivity contribution >= 4 is 11.8 Å². The number of carbonyl (C=O) groups is 2. The monoisotopic (exact) mass is 224 g/mol. The molecule has 2 aliphatic rings. The highest BCUT2D eigenvalue weighted by Gasteiger charge is 2.38. The number of rotatable bonds is 2. The van der Waals surface area contributed by atoms with Gasteiger partial charge in [-0.2, -0.15) is 0 Å². The molecule has 0 aromatic carbocycles. The van der Waals surface area contributed by atoms with Crippen LogP contribution >= 0.6 is 0 Å². The van der Waals surface area contributed by atoms with Gasteiger partial charge < -0.3 is 10.2 Å². The zero-order valence-electron chi connectivity index (χ0n) is 10.1. The van der Waals surface area contributed by atoms with Crippen LogP contribution in [0.25, 0.3) is 0 Å². The van der Waals surface area contributed by atoms with Gasteiger partial charge in [0.25, 0.3) is 0 Å². The summed E-state index contributed by atoms with van der Waals surface area (Å²) in [4.78, 5) is 25.1. The smallest absolute Gasteiger partial charge is 0.245 e. The lowest BCUT2D eigenvalue weighted by molar-refractivity contribution is -0.133. The number of hydrogen-bond acceptors (Lipinski definition) is 2. The Hall–Kier alpha value is -1.06. The third-order valence-electron chi connectivity index (χ3n) is 4.02. The van der Waals surface area contributed by atoms with Gasteiger partial charge in [-0.1, -0.05) is 13.8 Å². The maximum atomic E-state index is 12.1. The summed E-state index contributed by atoms with van der Waals surface area (Å²) >= 11 is 0. The Morgan fingerprint density at radius 3 is 2.88 bits per heavy atom. The van der Waals surface area contributed by atoms with Crippen molar-refractivity contribution in [2.24, 2.45) is 5.41 Å². The number of nitrogens with one attached hydrogen (secondary N) is 1. The largest absolute Gasteiger partial charge is 0.344 e. The van der Waals surface area contributed by atoms with Crippen LogP contribution < -0.4 is 5.32 Å². The Morgan fingerprint density at radius 1 is 1.62 bits per heavy atom. The second-order valence-corrected chi connectivity index (χ2v) is 5.33. The summed E-state index contributed by atoms with van der Waals surface area (Å²) < 4.78 is 0. The topological polar surface area (TPSA) is 49.4 Å². The average Bonchev–Trinajstić information content (AvgIpc) is 2.85. The van der Waals surface area contributed by atoms with Crippen LogP contribution in [0, 0.1) is 5.41 Å². The van der Waals surface area contributed by atoms with E-state index >= 15 is 0 Å². The Labute approximate surface area is 96.4 Å². The molecule has 16 heavy (non-hydrogen) atoms. The van der Waals surface area contributed by atoms with Gasteiger partial charge in [0.1, 0.15) is 6.04 Å². The van der Waals surface area contributed by atoms with Crippen molar-refractivity contribution < 1.29 is 9.59 Å². The molecule has 0 aromatic rings. The van der Waals surface area contributed by atoms with Gasteiger partial charge in [0.2, 0.25) is 11.8 Å². The molecule has 2 fully saturated rings. The van der Waals surface area contributed by atoms with Gasteiger partial charge >= 0.3 is 0 Å². The minimum atomic E-state index is -0.258. The van der Waals surface area contributed by atoms with E-state index in [-0.39, 0.29) is 23.3 Å². The van der Waals surface area contributed by atoms with E-state index in [2.05, 4.69) is 19.2 Å². The van der Waals surface area contributed by atoms with Gasteiger partial charge in [-0.25, -0.2) is 0 Å². The fourth-order valence-electron chi connectivity index (χ4n) is 2.52. The van der Waals surface area contributed by atoms with Crippen LogP contribution in [-0.2, 0) is 9.59 Å². The van der Waals surface area contributed by atoms with Crippen molar-refractivity contribution in [2.75, 3.05) is 13.1 Å². The van der Waals surface area contributed by atoms with E-state index in [1.807, 2.05) is 4.90 Å². The molecule has 4 nitrogen and oxygen atoms in total. The average molecular weight is 224 g/mol. The highest BCUT2D eigenvalue weighted by Crippen LogP contribution is 2.33. The Bertz CT molecular complexity index is 316. The van der Waals surface area contributed by atoms with Crippen LogP contribution in [0.5, 0.6) is 0 Å². The first kappa shape index (κ1) is 11.4. The fourth-order valence-corrected chi connectivity index (χ4v) is 2.52. The molecule has 0 aromatic heterocycles. The molecule has 0 aliphatic carbocycles. The molecule has 1 N–H and O–H groups in total. The molecule has 90 valence electrons. The van der Waals surface area contributed by atoms with E-state index in [1.165, 1.54) is 0 Å². The molecule has 0 saturated carbocycles. The van der Waals surface area contributed by atoms with E-state index < -0.39 is 0 Å². The van der Waals surface area contributed by atoms with Crippen molar-refractivity contribution in [1.29, 1.82) is 0 Å². The summed E-state index contributed by atoms with van der Waals surface area (Å²) in [7, 11) is 0. The third kappa shape index (κ3) is 2.06. The lowest BCUT2D eigenvalue weighted by atomic mass is 9.87. The summed E-state index contributed by atoms with van der Waals surface area (Å²) in [6.07, 6.45) is 3.34. The lowest BCUT2D eigenvalue weighted by Gasteiger charge is -2.24. The van der Waals surface area contributed by atoms with Crippen LogP contribution in [0.2, 0.25) is 0 Å². The summed E-state index contributed by atoms with van der Waals surface area (Å²) in [6, 6.07) is -0.258. The Kier molecular flexibility index (Phi) is 2.91. The molecule has 4 heteroatoms. The second-order valence-electron chi connectivity index (χ2n) is 5.33. The molecule has 2 rings (SSSR count). The van der Waals surface area contributed by atoms with E-state index in [4.69, 9.17) is 0 Å². The minimum Gasteiger partial charge on any atom is -0.344 e. The summed E-state index contributed by atoms with van der Waals surface area (Å²) in [6.45, 7) is 6.09. The zero-order chi connectivity index (χ0) is 11.8. The first-order valence-corrected chi connectivity index (χ1v) is 6.12. The Morgan fingerprint density at radius 2 is 2.38 bits per heavy atom. The van der Waals surface area contributed by atoms with Crippen molar-refractivity contribution in [1.82, 2.24) is 10.2 Å². The molecule has 2 heterocycles. The number of hydrogen-bond donors (Lipinski definition) is 1. The van der Waals surface area contributed by atoms with E-state index in [1.54, 1.807) is 0 Å². The quantitative estimate of drug-likeness (QED) is 0.758. The predicted molar refractivity (Wildman–Crippen MR) is 60.8 cm³/mol. The standard InChI is InChI=1S/C12H20N2O2/c1-3-12(2)6-7-14(8-12)11(16)9-4-5-10(15)13-9/h9H,3-8H2,1-2H3,(H,13,15)/t9-,12+/m1/s1. The summed E-state index contributed by atoms with van der Waals surface area (Å²) in [5.74, 6) is 0.124. The molecule has 0 radical (unpaired) electrons. The molecule has 2 aliphatic heterocycles. The van der Waals surface area contributed by atoms with Crippen molar-refractivity contribution in [2.45, 2.75) is 45.6 Å². The SMILES string of the molecule is CC[C@@]1(C)CCN(C(=O)[C@H]2CCC(=O)N2)C1. The fraction of sp³-hybridized carbons (Fsp3) is 0.833. The van der Waals surface area contributed by atoms with Crippen LogP contribution in [-0.4, -0.2) is 35.8 Å². The van der Waals surface area contributed by atoms with Crippen LogP contribution in [0.1, 0.15) is 39.5 Å². The predicted octanol–water partition coefficient (Wildman–Crippen LogP) is 0.914. The molecule has 2 atom stereocenters. The highest BCUT2D eigenvalue weighted by atomic mass is 16.2. The van der Waals surface area contributed by atoms with Gasteiger partial charge in [-0.15, -0.1) is 0 Å². The molecular weight excluding hydrogens is 204 g/mol. The van der Waals surface area contributed by atoms with E-state index in [9.17, 15) is 9.59 Å². The van der Waals surface area contributed by atoms with Crippen molar-refractivity contribution in [3.8, 4) is 0 Å². The van der Waals surface area contributed by atoms with E-state index in [0.717, 1.165) is 25.9 Å². The first-order valence-electron chi connectivity index (χ1n) is 6.12. The number of amides is 2. The molecular formula is C12H20N2O2. The zero-order valence-corrected chi connectivity index (χ0v) is 10.1. The number of nitrogens with zero attached hydrogens (tertiary/aromatic N) is 1. The summed E-state index contributed by atoms with van der Waals surface area (Å²) in [5, 5.41) is 2.75. The highest BCUT2D eigenvalue weighted by molar-refractivity contribution is 5.90. The van der Waals surface area contributed by atoms with Gasteiger partial charge in [0.15, 0.2) is 0 Å². The second kappa shape index (κ2) is 4.07. The maximum absolute atomic E-state index is 12.1. The van der Waals surface area contributed by atoms with Crippen LogP contribution in [0.4, 0.5) is 0 Å².